The average molecular weight is 279 g/mol. The van der Waals surface area contributed by atoms with Crippen molar-refractivity contribution in [2.45, 2.75) is 19.0 Å². The Bertz CT molecular complexity index is 454. The highest BCUT2D eigenvalue weighted by atomic mass is 19.1. The van der Waals surface area contributed by atoms with E-state index in [1.54, 1.807) is 12.1 Å². The van der Waals surface area contributed by atoms with Gasteiger partial charge in [-0.3, -0.25) is 9.80 Å². The second-order valence-corrected chi connectivity index (χ2v) is 5.69. The second-order valence-electron chi connectivity index (χ2n) is 5.69. The highest BCUT2D eigenvalue weighted by Gasteiger charge is 2.26. The lowest BCUT2D eigenvalue weighted by Crippen LogP contribution is -2.50. The van der Waals surface area contributed by atoms with Crippen LogP contribution in [-0.4, -0.2) is 55.2 Å². The summed E-state index contributed by atoms with van der Waals surface area (Å²) >= 11 is 0. The Labute approximate surface area is 119 Å². The van der Waals surface area contributed by atoms with Crippen LogP contribution in [0.5, 0.6) is 0 Å². The Balaban J connectivity index is 1.51. The van der Waals surface area contributed by atoms with Crippen molar-refractivity contribution < 1.29 is 9.13 Å². The number of piperazine rings is 1. The summed E-state index contributed by atoms with van der Waals surface area (Å²) in [5.41, 5.74) is 6.72. The SMILES string of the molecule is Nc1ccc(CN2CCN(C3CCOC3)CC2)cc1F. The lowest BCUT2D eigenvalue weighted by atomic mass is 10.1. The molecule has 2 saturated heterocycles. The molecule has 2 fully saturated rings. The lowest BCUT2D eigenvalue weighted by Gasteiger charge is -2.37. The summed E-state index contributed by atoms with van der Waals surface area (Å²) in [6.45, 7) is 6.78. The van der Waals surface area contributed by atoms with Gasteiger partial charge in [0.25, 0.3) is 0 Å². The number of ether oxygens (including phenoxy) is 1. The summed E-state index contributed by atoms with van der Waals surface area (Å²) in [7, 11) is 0. The fourth-order valence-electron chi connectivity index (χ4n) is 3.02. The maximum atomic E-state index is 13.4. The maximum absolute atomic E-state index is 13.4. The van der Waals surface area contributed by atoms with Crippen molar-refractivity contribution in [3.63, 3.8) is 0 Å². The van der Waals surface area contributed by atoms with Gasteiger partial charge in [0.15, 0.2) is 0 Å². The maximum Gasteiger partial charge on any atom is 0.146 e. The minimum atomic E-state index is -0.316. The molecule has 0 aliphatic carbocycles. The number of benzene rings is 1. The molecule has 2 N–H and O–H groups in total. The van der Waals surface area contributed by atoms with Crippen LogP contribution in [-0.2, 0) is 11.3 Å². The van der Waals surface area contributed by atoms with E-state index in [9.17, 15) is 4.39 Å². The molecule has 0 spiro atoms. The zero-order valence-corrected chi connectivity index (χ0v) is 11.7. The van der Waals surface area contributed by atoms with Gasteiger partial charge in [0.2, 0.25) is 0 Å². The Morgan fingerprint density at radius 1 is 1.25 bits per heavy atom. The summed E-state index contributed by atoms with van der Waals surface area (Å²) < 4.78 is 18.9. The molecule has 1 atom stereocenters. The first-order valence-electron chi connectivity index (χ1n) is 7.30. The predicted octanol–water partition coefficient (Wildman–Crippen LogP) is 1.31. The number of hydrogen-bond donors (Lipinski definition) is 1. The molecule has 3 rings (SSSR count). The van der Waals surface area contributed by atoms with Gasteiger partial charge in [-0.05, 0) is 24.1 Å². The molecule has 1 unspecified atom stereocenters. The van der Waals surface area contributed by atoms with E-state index in [2.05, 4.69) is 9.80 Å². The van der Waals surface area contributed by atoms with Crippen LogP contribution in [0.1, 0.15) is 12.0 Å². The first-order chi connectivity index (χ1) is 9.72. The number of anilines is 1. The van der Waals surface area contributed by atoms with Crippen molar-refractivity contribution in [2.24, 2.45) is 0 Å². The van der Waals surface area contributed by atoms with Crippen LogP contribution in [0.25, 0.3) is 0 Å². The standard InChI is InChI=1S/C15H22FN3O/c16-14-9-12(1-2-15(14)17)10-18-4-6-19(7-5-18)13-3-8-20-11-13/h1-2,9,13H,3-8,10-11,17H2. The molecule has 2 heterocycles. The van der Waals surface area contributed by atoms with Gasteiger partial charge in [0.1, 0.15) is 5.82 Å². The Morgan fingerprint density at radius 3 is 2.70 bits per heavy atom. The highest BCUT2D eigenvalue weighted by Crippen LogP contribution is 2.17. The molecule has 0 aromatic heterocycles. The minimum Gasteiger partial charge on any atom is -0.396 e. The monoisotopic (exact) mass is 279 g/mol. The average Bonchev–Trinajstić information content (AvgIpc) is 2.98. The number of nitrogens with zero attached hydrogens (tertiary/aromatic N) is 2. The van der Waals surface area contributed by atoms with Gasteiger partial charge < -0.3 is 10.5 Å². The molecule has 2 aliphatic rings. The molecule has 1 aromatic rings. The molecule has 0 radical (unpaired) electrons. The van der Waals surface area contributed by atoms with Crippen molar-refractivity contribution in [1.29, 1.82) is 0 Å². The van der Waals surface area contributed by atoms with Gasteiger partial charge in [-0.15, -0.1) is 0 Å². The quantitative estimate of drug-likeness (QED) is 0.847. The largest absolute Gasteiger partial charge is 0.396 e. The summed E-state index contributed by atoms with van der Waals surface area (Å²) in [6, 6.07) is 5.71. The molecule has 20 heavy (non-hydrogen) atoms. The van der Waals surface area contributed by atoms with Gasteiger partial charge in [0, 0.05) is 45.4 Å². The normalized spacial score (nSPS) is 25.1. The minimum absolute atomic E-state index is 0.222. The van der Waals surface area contributed by atoms with E-state index in [4.69, 9.17) is 10.5 Å². The topological polar surface area (TPSA) is 41.7 Å². The van der Waals surface area contributed by atoms with Gasteiger partial charge >= 0.3 is 0 Å². The fourth-order valence-corrected chi connectivity index (χ4v) is 3.02. The molecular formula is C15H22FN3O. The summed E-state index contributed by atoms with van der Waals surface area (Å²) in [5.74, 6) is -0.316. The number of nitrogen functional groups attached to an aromatic ring is 1. The number of halogens is 1. The molecule has 0 amide bonds. The lowest BCUT2D eigenvalue weighted by molar-refractivity contribution is 0.0814. The zero-order valence-electron chi connectivity index (χ0n) is 11.7. The molecule has 0 bridgehead atoms. The summed E-state index contributed by atoms with van der Waals surface area (Å²) in [6.07, 6.45) is 1.16. The van der Waals surface area contributed by atoms with Crippen LogP contribution in [0.15, 0.2) is 18.2 Å². The summed E-state index contributed by atoms with van der Waals surface area (Å²) in [5, 5.41) is 0. The van der Waals surface area contributed by atoms with E-state index in [-0.39, 0.29) is 11.5 Å². The highest BCUT2D eigenvalue weighted by molar-refractivity contribution is 5.41. The third-order valence-electron chi connectivity index (χ3n) is 4.30. The van der Waals surface area contributed by atoms with E-state index in [0.29, 0.717) is 6.04 Å². The molecule has 2 aliphatic heterocycles. The smallest absolute Gasteiger partial charge is 0.146 e. The molecular weight excluding hydrogens is 257 g/mol. The zero-order chi connectivity index (χ0) is 13.9. The summed E-state index contributed by atoms with van der Waals surface area (Å²) in [4.78, 5) is 4.89. The third-order valence-corrected chi connectivity index (χ3v) is 4.30. The van der Waals surface area contributed by atoms with Crippen molar-refractivity contribution in [1.82, 2.24) is 9.80 Å². The van der Waals surface area contributed by atoms with Crippen LogP contribution in [0.2, 0.25) is 0 Å². The van der Waals surface area contributed by atoms with Crippen molar-refractivity contribution >= 4 is 5.69 Å². The van der Waals surface area contributed by atoms with E-state index in [0.717, 1.165) is 57.9 Å². The van der Waals surface area contributed by atoms with E-state index >= 15 is 0 Å². The van der Waals surface area contributed by atoms with Gasteiger partial charge in [-0.25, -0.2) is 4.39 Å². The van der Waals surface area contributed by atoms with Gasteiger partial charge in [0.05, 0.1) is 12.3 Å². The fraction of sp³-hybridized carbons (Fsp3) is 0.600. The molecule has 0 saturated carbocycles. The van der Waals surface area contributed by atoms with Crippen molar-refractivity contribution in [2.75, 3.05) is 45.1 Å². The molecule has 110 valence electrons. The van der Waals surface area contributed by atoms with Crippen molar-refractivity contribution in [3.05, 3.63) is 29.6 Å². The predicted molar refractivity (Wildman–Crippen MR) is 76.9 cm³/mol. The Hall–Kier alpha value is -1.17. The number of hydrogen-bond acceptors (Lipinski definition) is 4. The van der Waals surface area contributed by atoms with Crippen LogP contribution < -0.4 is 5.73 Å². The van der Waals surface area contributed by atoms with Crippen molar-refractivity contribution in [3.8, 4) is 0 Å². The van der Waals surface area contributed by atoms with Gasteiger partial charge in [-0.1, -0.05) is 6.07 Å². The van der Waals surface area contributed by atoms with Crippen LogP contribution in [0.3, 0.4) is 0 Å². The number of rotatable bonds is 3. The van der Waals surface area contributed by atoms with Crippen LogP contribution in [0.4, 0.5) is 10.1 Å². The first-order valence-corrected chi connectivity index (χ1v) is 7.30. The Kier molecular flexibility index (Phi) is 4.19. The second kappa shape index (κ2) is 6.08. The Morgan fingerprint density at radius 2 is 2.05 bits per heavy atom. The third kappa shape index (κ3) is 3.11. The molecule has 5 heteroatoms. The van der Waals surface area contributed by atoms with Gasteiger partial charge in [-0.2, -0.15) is 0 Å². The number of nitrogens with two attached hydrogens (primary N) is 1. The molecule has 4 nitrogen and oxygen atoms in total. The molecule has 1 aromatic carbocycles. The van der Waals surface area contributed by atoms with Crippen LogP contribution in [0, 0.1) is 5.82 Å². The van der Waals surface area contributed by atoms with Crippen LogP contribution >= 0.6 is 0 Å². The van der Waals surface area contributed by atoms with E-state index in [1.165, 1.54) is 0 Å². The van der Waals surface area contributed by atoms with E-state index in [1.807, 2.05) is 6.07 Å². The first kappa shape index (κ1) is 13.8. The van der Waals surface area contributed by atoms with E-state index < -0.39 is 0 Å².